The zero-order valence-electron chi connectivity index (χ0n) is 8.22. The number of aromatic nitrogens is 1. The first-order chi connectivity index (χ1) is 7.51. The van der Waals surface area contributed by atoms with Crippen molar-refractivity contribution in [2.75, 3.05) is 7.11 Å². The van der Waals surface area contributed by atoms with Crippen LogP contribution in [0.3, 0.4) is 0 Å². The first-order valence-electron chi connectivity index (χ1n) is 4.19. The van der Waals surface area contributed by atoms with Crippen LogP contribution in [0, 0.1) is 0 Å². The van der Waals surface area contributed by atoms with Crippen LogP contribution in [0.1, 0.15) is 28.2 Å². The second kappa shape index (κ2) is 5.07. The highest BCUT2D eigenvalue weighted by molar-refractivity contribution is 6.17. The number of nitrogens with one attached hydrogen (secondary N) is 1. The first-order valence-corrected chi connectivity index (χ1v) is 4.73. The van der Waals surface area contributed by atoms with E-state index in [0.717, 1.165) is 13.2 Å². The SMILES string of the molecule is COC(=O)c1[nH]c(C(F)F)cc(=O)c1CCl. The molecule has 0 unspecified atom stereocenters. The summed E-state index contributed by atoms with van der Waals surface area (Å²) in [5.74, 6) is -1.17. The number of hydrogen-bond acceptors (Lipinski definition) is 3. The van der Waals surface area contributed by atoms with Gasteiger partial charge in [-0.3, -0.25) is 4.79 Å². The predicted octanol–water partition coefficient (Wildman–Crippen LogP) is 1.84. The minimum absolute atomic E-state index is 0.0853. The van der Waals surface area contributed by atoms with E-state index in [4.69, 9.17) is 11.6 Å². The van der Waals surface area contributed by atoms with Crippen molar-refractivity contribution in [3.05, 3.63) is 33.2 Å². The first kappa shape index (κ1) is 12.6. The van der Waals surface area contributed by atoms with E-state index in [2.05, 4.69) is 9.72 Å². The quantitative estimate of drug-likeness (QED) is 0.659. The summed E-state index contributed by atoms with van der Waals surface area (Å²) in [4.78, 5) is 24.7. The Morgan fingerprint density at radius 2 is 2.25 bits per heavy atom. The van der Waals surface area contributed by atoms with Crippen LogP contribution < -0.4 is 5.43 Å². The minimum atomic E-state index is -2.87. The number of methoxy groups -OCH3 is 1. The average molecular weight is 252 g/mol. The molecule has 0 bridgehead atoms. The molecule has 0 aliphatic rings. The summed E-state index contributed by atoms with van der Waals surface area (Å²) >= 11 is 5.46. The van der Waals surface area contributed by atoms with E-state index in [1.165, 1.54) is 0 Å². The van der Waals surface area contributed by atoms with Crippen LogP contribution in [0.25, 0.3) is 0 Å². The van der Waals surface area contributed by atoms with Gasteiger partial charge >= 0.3 is 5.97 Å². The molecule has 1 heterocycles. The highest BCUT2D eigenvalue weighted by atomic mass is 35.5. The Morgan fingerprint density at radius 1 is 1.62 bits per heavy atom. The topological polar surface area (TPSA) is 59.2 Å². The second-order valence-electron chi connectivity index (χ2n) is 2.87. The number of carbonyl (C=O) groups is 1. The molecule has 1 rings (SSSR count). The van der Waals surface area contributed by atoms with E-state index in [0.29, 0.717) is 0 Å². The van der Waals surface area contributed by atoms with Gasteiger partial charge in [0, 0.05) is 11.6 Å². The Labute approximate surface area is 94.2 Å². The van der Waals surface area contributed by atoms with Crippen molar-refractivity contribution < 1.29 is 18.3 Å². The summed E-state index contributed by atoms with van der Waals surface area (Å²) in [7, 11) is 1.08. The molecule has 0 saturated heterocycles. The molecule has 16 heavy (non-hydrogen) atoms. The van der Waals surface area contributed by atoms with Gasteiger partial charge in [-0.1, -0.05) is 0 Å². The third kappa shape index (κ3) is 2.38. The molecule has 0 spiro atoms. The largest absolute Gasteiger partial charge is 0.464 e. The molecule has 1 aromatic heterocycles. The number of ether oxygens (including phenoxy) is 1. The van der Waals surface area contributed by atoms with Gasteiger partial charge < -0.3 is 9.72 Å². The predicted molar refractivity (Wildman–Crippen MR) is 52.9 cm³/mol. The lowest BCUT2D eigenvalue weighted by atomic mass is 10.2. The van der Waals surface area contributed by atoms with Gasteiger partial charge in [0.05, 0.1) is 18.7 Å². The number of rotatable bonds is 3. The molecule has 1 aromatic rings. The molecular formula is C9H8ClF2NO3. The lowest BCUT2D eigenvalue weighted by molar-refractivity contribution is 0.0591. The summed E-state index contributed by atoms with van der Waals surface area (Å²) in [5, 5.41) is 0. The maximum atomic E-state index is 12.4. The number of H-pyrrole nitrogens is 1. The van der Waals surface area contributed by atoms with Crippen molar-refractivity contribution in [1.29, 1.82) is 0 Å². The monoisotopic (exact) mass is 251 g/mol. The normalized spacial score (nSPS) is 10.6. The fourth-order valence-corrected chi connectivity index (χ4v) is 1.40. The molecule has 0 aromatic carbocycles. The van der Waals surface area contributed by atoms with Gasteiger partial charge in [-0.15, -0.1) is 11.6 Å². The molecule has 0 fully saturated rings. The summed E-state index contributed by atoms with van der Waals surface area (Å²) in [6.45, 7) is 0. The number of halogens is 3. The Kier molecular flexibility index (Phi) is 4.00. The van der Waals surface area contributed by atoms with Gasteiger partial charge in [0.2, 0.25) is 0 Å². The Hall–Kier alpha value is -1.43. The lowest BCUT2D eigenvalue weighted by Gasteiger charge is -2.07. The molecule has 1 N–H and O–H groups in total. The Bertz CT molecular complexity index is 459. The summed E-state index contributed by atoms with van der Waals surface area (Å²) in [6.07, 6.45) is -2.87. The van der Waals surface area contributed by atoms with Crippen molar-refractivity contribution in [3.8, 4) is 0 Å². The molecule has 0 amide bonds. The van der Waals surface area contributed by atoms with Gasteiger partial charge in [0.1, 0.15) is 5.69 Å². The number of pyridine rings is 1. The fourth-order valence-electron chi connectivity index (χ4n) is 1.13. The highest BCUT2D eigenvalue weighted by Crippen LogP contribution is 2.17. The third-order valence-electron chi connectivity index (χ3n) is 1.91. The third-order valence-corrected chi connectivity index (χ3v) is 2.18. The maximum absolute atomic E-state index is 12.4. The van der Waals surface area contributed by atoms with Crippen molar-refractivity contribution >= 4 is 17.6 Å². The smallest absolute Gasteiger partial charge is 0.354 e. The summed E-state index contributed by atoms with van der Waals surface area (Å²) < 4.78 is 29.1. The van der Waals surface area contributed by atoms with Crippen LogP contribution in [0.4, 0.5) is 8.78 Å². The van der Waals surface area contributed by atoms with Crippen molar-refractivity contribution in [2.45, 2.75) is 12.3 Å². The Balaban J connectivity index is 3.43. The molecule has 7 heteroatoms. The van der Waals surface area contributed by atoms with Crippen molar-refractivity contribution in [1.82, 2.24) is 4.98 Å². The van der Waals surface area contributed by atoms with Crippen LogP contribution in [0.5, 0.6) is 0 Å². The molecule has 88 valence electrons. The molecule has 4 nitrogen and oxygen atoms in total. The van der Waals surface area contributed by atoms with Crippen LogP contribution in [-0.4, -0.2) is 18.1 Å². The number of hydrogen-bond donors (Lipinski definition) is 1. The number of esters is 1. The zero-order chi connectivity index (χ0) is 12.3. The molecule has 0 atom stereocenters. The second-order valence-corrected chi connectivity index (χ2v) is 3.14. The van der Waals surface area contributed by atoms with Crippen LogP contribution in [-0.2, 0) is 10.6 Å². The van der Waals surface area contributed by atoms with E-state index in [9.17, 15) is 18.4 Å². The fraction of sp³-hybridized carbons (Fsp3) is 0.333. The van der Waals surface area contributed by atoms with Gasteiger partial charge in [-0.25, -0.2) is 13.6 Å². The average Bonchev–Trinajstić information content (AvgIpc) is 2.26. The van der Waals surface area contributed by atoms with Gasteiger partial charge in [0.15, 0.2) is 5.43 Å². The molecular weight excluding hydrogens is 244 g/mol. The van der Waals surface area contributed by atoms with Crippen molar-refractivity contribution in [3.63, 3.8) is 0 Å². The van der Waals surface area contributed by atoms with Gasteiger partial charge in [-0.2, -0.15) is 0 Å². The van der Waals surface area contributed by atoms with Crippen molar-refractivity contribution in [2.24, 2.45) is 0 Å². The number of alkyl halides is 3. The van der Waals surface area contributed by atoms with Crippen LogP contribution in [0.15, 0.2) is 10.9 Å². The highest BCUT2D eigenvalue weighted by Gasteiger charge is 2.19. The zero-order valence-corrected chi connectivity index (χ0v) is 8.98. The van der Waals surface area contributed by atoms with E-state index in [-0.39, 0.29) is 17.1 Å². The number of aromatic amines is 1. The van der Waals surface area contributed by atoms with E-state index >= 15 is 0 Å². The summed E-state index contributed by atoms with van der Waals surface area (Å²) in [6, 6.07) is 0.717. The summed E-state index contributed by atoms with van der Waals surface area (Å²) in [5.41, 5.74) is -1.78. The lowest BCUT2D eigenvalue weighted by Crippen LogP contribution is -2.19. The minimum Gasteiger partial charge on any atom is -0.464 e. The maximum Gasteiger partial charge on any atom is 0.354 e. The van der Waals surface area contributed by atoms with E-state index in [1.807, 2.05) is 0 Å². The van der Waals surface area contributed by atoms with Crippen LogP contribution >= 0.6 is 11.6 Å². The number of carbonyl (C=O) groups excluding carboxylic acids is 1. The molecule has 0 saturated carbocycles. The van der Waals surface area contributed by atoms with Gasteiger partial charge in [0.25, 0.3) is 6.43 Å². The standard InChI is InChI=1S/C9H8ClF2NO3/c1-16-9(15)7-4(3-10)6(14)2-5(13-7)8(11)12/h2,8H,3H2,1H3,(H,13,14). The van der Waals surface area contributed by atoms with Crippen LogP contribution in [0.2, 0.25) is 0 Å². The molecule has 0 aliphatic carbocycles. The van der Waals surface area contributed by atoms with E-state index < -0.39 is 23.5 Å². The molecule has 0 radical (unpaired) electrons. The molecule has 0 aliphatic heterocycles. The van der Waals surface area contributed by atoms with E-state index in [1.54, 1.807) is 0 Å². The van der Waals surface area contributed by atoms with Gasteiger partial charge in [-0.05, 0) is 0 Å². The Morgan fingerprint density at radius 3 is 2.69 bits per heavy atom.